The maximum Gasteiger partial charge on any atom is 0.388 e. The van der Waals surface area contributed by atoms with Gasteiger partial charge in [0.15, 0.2) is 0 Å². The van der Waals surface area contributed by atoms with Crippen molar-refractivity contribution >= 4 is 8.32 Å². The van der Waals surface area contributed by atoms with Gasteiger partial charge in [-0.3, -0.25) is 0 Å². The fraction of sp³-hybridized carbons (Fsp3) is 1.00. The van der Waals surface area contributed by atoms with Gasteiger partial charge in [0, 0.05) is 13.0 Å². The molecule has 0 spiro atoms. The third-order valence-corrected chi connectivity index (χ3v) is 7.94. The van der Waals surface area contributed by atoms with Gasteiger partial charge in [-0.2, -0.15) is 13.2 Å². The van der Waals surface area contributed by atoms with Crippen LogP contribution in [0.1, 0.15) is 33.6 Å². The predicted molar refractivity (Wildman–Crippen MR) is 59.6 cm³/mol. The Hall–Kier alpha value is -0.0731. The highest BCUT2D eigenvalue weighted by Gasteiger charge is 2.48. The Morgan fingerprint density at radius 3 is 2.06 bits per heavy atom. The van der Waals surface area contributed by atoms with Crippen LogP contribution in [-0.2, 0) is 4.43 Å². The van der Waals surface area contributed by atoms with Crippen LogP contribution in [0.4, 0.5) is 13.2 Å². The highest BCUT2D eigenvalue weighted by molar-refractivity contribution is 6.75. The van der Waals surface area contributed by atoms with Crippen molar-refractivity contribution in [3.8, 4) is 0 Å². The van der Waals surface area contributed by atoms with Crippen LogP contribution in [0, 0.1) is 0 Å². The number of halogens is 3. The standard InChI is InChI=1S/C10H21F3O2Si/c1-5-9(3,14)16(4,15-6-2)8-7-10(11,12)13/h14H,5-8H2,1-4H3/t9-,16?/m1/s1. The molecule has 0 aliphatic carbocycles. The van der Waals surface area contributed by atoms with Gasteiger partial charge in [0.05, 0.1) is 5.22 Å². The zero-order valence-electron chi connectivity index (χ0n) is 10.3. The second kappa shape index (κ2) is 5.51. The molecular weight excluding hydrogens is 237 g/mol. The third kappa shape index (κ3) is 4.43. The zero-order chi connectivity index (χ0) is 13.0. The van der Waals surface area contributed by atoms with Gasteiger partial charge in [-0.05, 0) is 32.9 Å². The largest absolute Gasteiger partial charge is 0.415 e. The molecule has 0 aromatic rings. The molecule has 0 aromatic heterocycles. The average molecular weight is 258 g/mol. The number of rotatable bonds is 6. The number of alkyl halides is 3. The van der Waals surface area contributed by atoms with Crippen LogP contribution >= 0.6 is 0 Å². The van der Waals surface area contributed by atoms with Crippen molar-refractivity contribution in [2.24, 2.45) is 0 Å². The van der Waals surface area contributed by atoms with Gasteiger partial charge in [-0.15, -0.1) is 0 Å². The van der Waals surface area contributed by atoms with E-state index in [4.69, 9.17) is 4.43 Å². The molecule has 0 aliphatic rings. The maximum atomic E-state index is 12.2. The summed E-state index contributed by atoms with van der Waals surface area (Å²) in [4.78, 5) is 0. The molecular formula is C10H21F3O2Si. The van der Waals surface area contributed by atoms with E-state index in [1.54, 1.807) is 27.3 Å². The highest BCUT2D eigenvalue weighted by atomic mass is 28.4. The van der Waals surface area contributed by atoms with Crippen LogP contribution in [0.15, 0.2) is 0 Å². The lowest BCUT2D eigenvalue weighted by Crippen LogP contribution is -2.57. The van der Waals surface area contributed by atoms with E-state index >= 15 is 0 Å². The first-order chi connectivity index (χ1) is 7.08. The summed E-state index contributed by atoms with van der Waals surface area (Å²) < 4.78 is 42.1. The molecule has 6 heteroatoms. The summed E-state index contributed by atoms with van der Waals surface area (Å²) in [6, 6.07) is -0.0921. The van der Waals surface area contributed by atoms with Crippen molar-refractivity contribution in [2.75, 3.05) is 6.61 Å². The molecule has 0 fully saturated rings. The second-order valence-electron chi connectivity index (χ2n) is 4.41. The van der Waals surface area contributed by atoms with Gasteiger partial charge in [-0.25, -0.2) is 0 Å². The first-order valence-electron chi connectivity index (χ1n) is 5.51. The molecule has 0 saturated heterocycles. The molecule has 1 N–H and O–H groups in total. The third-order valence-electron chi connectivity index (χ3n) is 3.18. The Kier molecular flexibility index (Phi) is 5.48. The van der Waals surface area contributed by atoms with Crippen LogP contribution in [0.3, 0.4) is 0 Å². The molecule has 0 radical (unpaired) electrons. The van der Waals surface area contributed by atoms with Crippen molar-refractivity contribution < 1.29 is 22.7 Å². The molecule has 0 bridgehead atoms. The maximum absolute atomic E-state index is 12.2. The molecule has 16 heavy (non-hydrogen) atoms. The van der Waals surface area contributed by atoms with E-state index in [0.717, 1.165) is 0 Å². The first kappa shape index (κ1) is 15.9. The Labute approximate surface area is 95.9 Å². The van der Waals surface area contributed by atoms with E-state index in [-0.39, 0.29) is 6.04 Å². The molecule has 0 aromatic carbocycles. The SMILES string of the molecule is CCO[Si](C)(CCC(F)(F)F)[C@@](C)(O)CC. The van der Waals surface area contributed by atoms with Gasteiger partial charge < -0.3 is 9.53 Å². The molecule has 2 nitrogen and oxygen atoms in total. The smallest absolute Gasteiger partial charge is 0.388 e. The van der Waals surface area contributed by atoms with E-state index in [1.165, 1.54) is 0 Å². The van der Waals surface area contributed by atoms with Gasteiger partial charge >= 0.3 is 6.18 Å². The molecule has 0 rings (SSSR count). The summed E-state index contributed by atoms with van der Waals surface area (Å²) in [6.45, 7) is 7.09. The molecule has 0 saturated carbocycles. The molecule has 0 amide bonds. The molecule has 0 heterocycles. The highest BCUT2D eigenvalue weighted by Crippen LogP contribution is 2.34. The average Bonchev–Trinajstić information content (AvgIpc) is 2.14. The van der Waals surface area contributed by atoms with Gasteiger partial charge in [0.25, 0.3) is 0 Å². The Morgan fingerprint density at radius 1 is 1.25 bits per heavy atom. The summed E-state index contributed by atoms with van der Waals surface area (Å²) >= 11 is 0. The van der Waals surface area contributed by atoms with Crippen molar-refractivity contribution in [3.05, 3.63) is 0 Å². The molecule has 1 unspecified atom stereocenters. The summed E-state index contributed by atoms with van der Waals surface area (Å²) in [5.41, 5.74) is 0. The topological polar surface area (TPSA) is 29.5 Å². The quantitative estimate of drug-likeness (QED) is 0.741. The number of hydrogen-bond acceptors (Lipinski definition) is 2. The lowest BCUT2D eigenvalue weighted by atomic mass is 10.3. The minimum Gasteiger partial charge on any atom is -0.415 e. The van der Waals surface area contributed by atoms with E-state index in [1.807, 2.05) is 0 Å². The van der Waals surface area contributed by atoms with E-state index in [9.17, 15) is 18.3 Å². The van der Waals surface area contributed by atoms with Crippen molar-refractivity contribution in [1.82, 2.24) is 0 Å². The summed E-state index contributed by atoms with van der Waals surface area (Å²) in [7, 11) is -2.75. The minimum absolute atomic E-state index is 0.0921. The van der Waals surface area contributed by atoms with Crippen molar-refractivity contribution in [2.45, 2.75) is 57.6 Å². The Bertz CT molecular complexity index is 219. The number of hydrogen-bond donors (Lipinski definition) is 1. The van der Waals surface area contributed by atoms with Gasteiger partial charge in [0.2, 0.25) is 8.32 Å². The van der Waals surface area contributed by atoms with Crippen LogP contribution in [0.2, 0.25) is 12.6 Å². The summed E-state index contributed by atoms with van der Waals surface area (Å²) in [5, 5.41) is 9.02. The monoisotopic (exact) mass is 258 g/mol. The molecule has 2 atom stereocenters. The lowest BCUT2D eigenvalue weighted by Gasteiger charge is -2.40. The van der Waals surface area contributed by atoms with Gasteiger partial charge in [0.1, 0.15) is 0 Å². The van der Waals surface area contributed by atoms with E-state index < -0.39 is 26.1 Å². The normalized spacial score (nSPS) is 20.2. The van der Waals surface area contributed by atoms with Crippen LogP contribution in [-0.4, -0.2) is 31.4 Å². The summed E-state index contributed by atoms with van der Waals surface area (Å²) in [6.07, 6.45) is -4.66. The van der Waals surface area contributed by atoms with Crippen molar-refractivity contribution in [3.63, 3.8) is 0 Å². The minimum atomic E-state index is -4.19. The lowest BCUT2D eigenvalue weighted by molar-refractivity contribution is -0.131. The fourth-order valence-corrected chi connectivity index (χ4v) is 4.71. The zero-order valence-corrected chi connectivity index (χ0v) is 11.3. The van der Waals surface area contributed by atoms with Crippen LogP contribution in [0.25, 0.3) is 0 Å². The van der Waals surface area contributed by atoms with Crippen LogP contribution in [0.5, 0.6) is 0 Å². The second-order valence-corrected chi connectivity index (χ2v) is 8.73. The van der Waals surface area contributed by atoms with Crippen LogP contribution < -0.4 is 0 Å². The van der Waals surface area contributed by atoms with E-state index in [2.05, 4.69) is 0 Å². The van der Waals surface area contributed by atoms with E-state index in [0.29, 0.717) is 13.0 Å². The van der Waals surface area contributed by atoms with Gasteiger partial charge in [-0.1, -0.05) is 6.92 Å². The molecule has 98 valence electrons. The number of aliphatic hydroxyl groups is 1. The predicted octanol–water partition coefficient (Wildman–Crippen LogP) is 3.25. The fourth-order valence-electron chi connectivity index (χ4n) is 1.57. The summed E-state index contributed by atoms with van der Waals surface area (Å²) in [5.74, 6) is 0. The Balaban J connectivity index is 4.70. The first-order valence-corrected chi connectivity index (χ1v) is 8.12. The van der Waals surface area contributed by atoms with Crippen molar-refractivity contribution in [1.29, 1.82) is 0 Å². The molecule has 0 aliphatic heterocycles. The Morgan fingerprint density at radius 2 is 1.75 bits per heavy atom.